The first-order chi connectivity index (χ1) is 5.63. The van der Waals surface area contributed by atoms with E-state index in [-0.39, 0.29) is 0 Å². The van der Waals surface area contributed by atoms with E-state index >= 15 is 0 Å². The lowest BCUT2D eigenvalue weighted by molar-refractivity contribution is 1.07. The van der Waals surface area contributed by atoms with E-state index in [0.717, 1.165) is 11.4 Å². The monoisotopic (exact) mass is 162 g/mol. The highest BCUT2D eigenvalue weighted by molar-refractivity contribution is 5.68. The van der Waals surface area contributed by atoms with Crippen molar-refractivity contribution in [1.82, 2.24) is 0 Å². The van der Waals surface area contributed by atoms with Gasteiger partial charge in [-0.05, 0) is 0 Å². The van der Waals surface area contributed by atoms with Gasteiger partial charge in [0.25, 0.3) is 0 Å². The van der Waals surface area contributed by atoms with Crippen LogP contribution in [0, 0.1) is 12.1 Å². The molecular weight excluding hydrogens is 148 g/mol. The van der Waals surface area contributed by atoms with Gasteiger partial charge in [0.2, 0.25) is 0 Å². The molecule has 1 aromatic rings. The Bertz CT molecular complexity index is 227. The van der Waals surface area contributed by atoms with E-state index in [1.807, 2.05) is 50.1 Å². The molecule has 1 rings (SSSR count). The molecule has 0 N–H and O–H groups in total. The van der Waals surface area contributed by atoms with Gasteiger partial charge in [0, 0.05) is 40.3 Å². The van der Waals surface area contributed by atoms with Crippen molar-refractivity contribution in [2.45, 2.75) is 0 Å². The average Bonchev–Trinajstić information content (AvgIpc) is 2.04. The summed E-state index contributed by atoms with van der Waals surface area (Å²) in [7, 11) is 8.03. The van der Waals surface area contributed by atoms with Crippen LogP contribution >= 0.6 is 0 Å². The number of anilines is 2. The van der Waals surface area contributed by atoms with Crippen LogP contribution in [0.1, 0.15) is 0 Å². The normalized spacial score (nSPS) is 9.67. The third kappa shape index (κ3) is 1.70. The van der Waals surface area contributed by atoms with Gasteiger partial charge in [-0.15, -0.1) is 0 Å². The number of hydrogen-bond acceptors (Lipinski definition) is 2. The lowest BCUT2D eigenvalue weighted by Crippen LogP contribution is -2.16. The quantitative estimate of drug-likeness (QED) is 0.649. The molecule has 0 heterocycles. The SMILES string of the molecule is CN(C)c1[c]cc[c]c1N(C)C. The second-order valence-electron chi connectivity index (χ2n) is 3.11. The van der Waals surface area contributed by atoms with Crippen molar-refractivity contribution in [2.75, 3.05) is 38.0 Å². The van der Waals surface area contributed by atoms with Crippen molar-refractivity contribution >= 4 is 11.4 Å². The van der Waals surface area contributed by atoms with Gasteiger partial charge in [-0.1, -0.05) is 12.1 Å². The van der Waals surface area contributed by atoms with E-state index in [9.17, 15) is 0 Å². The van der Waals surface area contributed by atoms with E-state index in [2.05, 4.69) is 12.1 Å². The number of hydrogen-bond donors (Lipinski definition) is 0. The summed E-state index contributed by atoms with van der Waals surface area (Å²) >= 11 is 0. The lowest BCUT2D eigenvalue weighted by atomic mass is 10.2. The molecule has 0 aliphatic carbocycles. The highest BCUT2D eigenvalue weighted by Crippen LogP contribution is 2.24. The van der Waals surface area contributed by atoms with Gasteiger partial charge in [0.05, 0.1) is 11.4 Å². The first kappa shape index (κ1) is 8.91. The van der Waals surface area contributed by atoms with Gasteiger partial charge in [0.1, 0.15) is 0 Å². The van der Waals surface area contributed by atoms with Crippen LogP contribution in [0.3, 0.4) is 0 Å². The predicted molar refractivity (Wildman–Crippen MR) is 52.8 cm³/mol. The Hall–Kier alpha value is -1.18. The van der Waals surface area contributed by atoms with E-state index in [1.165, 1.54) is 0 Å². The van der Waals surface area contributed by atoms with Crippen LogP contribution in [0.5, 0.6) is 0 Å². The van der Waals surface area contributed by atoms with Crippen LogP contribution in [-0.4, -0.2) is 28.2 Å². The summed E-state index contributed by atoms with van der Waals surface area (Å²) in [5, 5.41) is 0. The fraction of sp³-hybridized carbons (Fsp3) is 0.400. The van der Waals surface area contributed by atoms with Crippen LogP contribution in [0.15, 0.2) is 12.1 Å². The van der Waals surface area contributed by atoms with Gasteiger partial charge in [-0.2, -0.15) is 0 Å². The molecule has 2 heteroatoms. The molecule has 0 fully saturated rings. The zero-order valence-electron chi connectivity index (χ0n) is 8.05. The first-order valence-corrected chi connectivity index (χ1v) is 3.90. The molecule has 0 atom stereocenters. The molecule has 0 saturated carbocycles. The van der Waals surface area contributed by atoms with Crippen LogP contribution in [0.2, 0.25) is 0 Å². The summed E-state index contributed by atoms with van der Waals surface area (Å²) in [5.74, 6) is 0. The molecule has 0 saturated heterocycles. The molecule has 0 bridgehead atoms. The highest BCUT2D eigenvalue weighted by Gasteiger charge is 2.04. The number of nitrogens with zero attached hydrogens (tertiary/aromatic N) is 2. The molecule has 2 nitrogen and oxygen atoms in total. The third-order valence-corrected chi connectivity index (χ3v) is 1.64. The molecule has 0 spiro atoms. The average molecular weight is 162 g/mol. The largest absolute Gasteiger partial charge is 0.375 e. The Morgan fingerprint density at radius 2 is 1.17 bits per heavy atom. The molecule has 0 amide bonds. The minimum absolute atomic E-state index is 1.07. The molecular formula is C10H14N2. The van der Waals surface area contributed by atoms with Crippen molar-refractivity contribution < 1.29 is 0 Å². The summed E-state index contributed by atoms with van der Waals surface area (Å²) in [6.45, 7) is 0. The van der Waals surface area contributed by atoms with Crippen molar-refractivity contribution in [3.8, 4) is 0 Å². The number of benzene rings is 1. The van der Waals surface area contributed by atoms with E-state index in [1.54, 1.807) is 0 Å². The van der Waals surface area contributed by atoms with Crippen LogP contribution in [-0.2, 0) is 0 Å². The van der Waals surface area contributed by atoms with Gasteiger partial charge in [0.15, 0.2) is 0 Å². The zero-order valence-corrected chi connectivity index (χ0v) is 8.05. The molecule has 0 aliphatic heterocycles. The van der Waals surface area contributed by atoms with E-state index in [4.69, 9.17) is 0 Å². The van der Waals surface area contributed by atoms with Gasteiger partial charge in [-0.3, -0.25) is 0 Å². The second kappa shape index (κ2) is 3.48. The lowest BCUT2D eigenvalue weighted by Gasteiger charge is -2.21. The molecule has 0 aliphatic rings. The van der Waals surface area contributed by atoms with Crippen molar-refractivity contribution in [3.63, 3.8) is 0 Å². The van der Waals surface area contributed by atoms with E-state index < -0.39 is 0 Å². The fourth-order valence-electron chi connectivity index (χ4n) is 1.06. The first-order valence-electron chi connectivity index (χ1n) is 3.90. The summed E-state index contributed by atoms with van der Waals surface area (Å²) in [5.41, 5.74) is 2.14. The third-order valence-electron chi connectivity index (χ3n) is 1.64. The molecule has 64 valence electrons. The smallest absolute Gasteiger partial charge is 0.0685 e. The molecule has 0 aromatic heterocycles. The summed E-state index contributed by atoms with van der Waals surface area (Å²) in [6.07, 6.45) is 0. The van der Waals surface area contributed by atoms with Crippen LogP contribution in [0.4, 0.5) is 11.4 Å². The Balaban J connectivity index is 3.09. The van der Waals surface area contributed by atoms with Crippen molar-refractivity contribution in [3.05, 3.63) is 24.3 Å². The Morgan fingerprint density at radius 3 is 1.42 bits per heavy atom. The maximum atomic E-state index is 3.17. The van der Waals surface area contributed by atoms with E-state index in [0.29, 0.717) is 0 Å². The topological polar surface area (TPSA) is 6.48 Å². The Morgan fingerprint density at radius 1 is 0.833 bits per heavy atom. The fourth-order valence-corrected chi connectivity index (χ4v) is 1.06. The zero-order chi connectivity index (χ0) is 9.14. The summed E-state index contributed by atoms with van der Waals surface area (Å²) in [6, 6.07) is 10.1. The van der Waals surface area contributed by atoms with Crippen LogP contribution in [0.25, 0.3) is 0 Å². The standard InChI is InChI=1S/C10H14N2/c1-11(2)9-7-5-6-8-10(9)12(3)4/h5-6H,1-4H3. The van der Waals surface area contributed by atoms with Gasteiger partial charge < -0.3 is 9.80 Å². The molecule has 2 radical (unpaired) electrons. The van der Waals surface area contributed by atoms with Crippen molar-refractivity contribution in [1.29, 1.82) is 0 Å². The predicted octanol–water partition coefficient (Wildman–Crippen LogP) is 1.42. The summed E-state index contributed by atoms with van der Waals surface area (Å²) in [4.78, 5) is 4.07. The maximum Gasteiger partial charge on any atom is 0.0685 e. The minimum Gasteiger partial charge on any atom is -0.375 e. The molecule has 12 heavy (non-hydrogen) atoms. The van der Waals surface area contributed by atoms with Gasteiger partial charge >= 0.3 is 0 Å². The molecule has 1 aromatic carbocycles. The maximum absolute atomic E-state index is 3.17. The Kier molecular flexibility index (Phi) is 2.58. The summed E-state index contributed by atoms with van der Waals surface area (Å²) < 4.78 is 0. The molecule has 0 unspecified atom stereocenters. The Labute approximate surface area is 74.4 Å². The number of rotatable bonds is 2. The van der Waals surface area contributed by atoms with Crippen LogP contribution < -0.4 is 9.80 Å². The second-order valence-corrected chi connectivity index (χ2v) is 3.11. The van der Waals surface area contributed by atoms with Gasteiger partial charge in [-0.25, -0.2) is 0 Å². The highest BCUT2D eigenvalue weighted by atomic mass is 15.1. The van der Waals surface area contributed by atoms with Crippen molar-refractivity contribution in [2.24, 2.45) is 0 Å². The minimum atomic E-state index is 1.07.